The number of carbonyl (C=O) groups is 1. The van der Waals surface area contributed by atoms with Crippen LogP contribution in [0.3, 0.4) is 0 Å². The van der Waals surface area contributed by atoms with Crippen molar-refractivity contribution in [2.24, 2.45) is 0 Å². The van der Waals surface area contributed by atoms with Gasteiger partial charge in [-0.2, -0.15) is 5.26 Å². The summed E-state index contributed by atoms with van der Waals surface area (Å²) in [6.07, 6.45) is 2.14. The van der Waals surface area contributed by atoms with Crippen LogP contribution in [-0.4, -0.2) is 12.5 Å². The highest BCUT2D eigenvalue weighted by molar-refractivity contribution is 6.30. The molecule has 0 aliphatic heterocycles. The molecule has 0 atom stereocenters. The highest BCUT2D eigenvalue weighted by Gasteiger charge is 2.08. The first-order valence-corrected chi connectivity index (χ1v) is 7.99. The molecule has 24 heavy (non-hydrogen) atoms. The van der Waals surface area contributed by atoms with E-state index in [1.165, 1.54) is 6.20 Å². The van der Waals surface area contributed by atoms with E-state index in [-0.39, 0.29) is 5.57 Å². The second kappa shape index (κ2) is 8.97. The quantitative estimate of drug-likeness (QED) is 0.462. The Morgan fingerprint density at radius 3 is 2.54 bits per heavy atom. The summed E-state index contributed by atoms with van der Waals surface area (Å²) in [6.45, 7) is 0.583. The molecule has 0 saturated carbocycles. The largest absolute Gasteiger partial charge is 0.389 e. The van der Waals surface area contributed by atoms with Crippen molar-refractivity contribution in [3.63, 3.8) is 0 Å². The topological polar surface area (TPSA) is 64.9 Å². The van der Waals surface area contributed by atoms with Crippen LogP contribution in [0.5, 0.6) is 0 Å². The smallest absolute Gasteiger partial charge is 0.267 e. The third-order valence-electron chi connectivity index (χ3n) is 3.16. The van der Waals surface area contributed by atoms with E-state index in [9.17, 15) is 4.79 Å². The van der Waals surface area contributed by atoms with E-state index in [2.05, 4.69) is 10.6 Å². The van der Waals surface area contributed by atoms with Gasteiger partial charge in [0.15, 0.2) is 0 Å². The molecule has 2 aromatic carbocycles. The molecule has 2 aromatic rings. The van der Waals surface area contributed by atoms with Crippen molar-refractivity contribution in [3.05, 3.63) is 75.9 Å². The molecule has 0 spiro atoms. The standard InChI is InChI=1S/C18H15Cl2N3O/c19-15-4-6-17(7-5-15)23-18(24)14(11-21)12-22-9-8-13-2-1-3-16(20)10-13/h1-7,10,12,22H,8-9H2,(H,23,24)/b14-12-. The maximum Gasteiger partial charge on any atom is 0.267 e. The van der Waals surface area contributed by atoms with Crippen molar-refractivity contribution in [2.45, 2.75) is 6.42 Å². The molecular weight excluding hydrogens is 345 g/mol. The summed E-state index contributed by atoms with van der Waals surface area (Å²) in [5.74, 6) is -0.477. The van der Waals surface area contributed by atoms with E-state index in [1.807, 2.05) is 30.3 Å². The molecule has 0 fully saturated rings. The zero-order chi connectivity index (χ0) is 17.4. The van der Waals surface area contributed by atoms with Crippen molar-refractivity contribution in [1.29, 1.82) is 5.26 Å². The Morgan fingerprint density at radius 1 is 1.12 bits per heavy atom. The number of amides is 1. The number of hydrogen-bond acceptors (Lipinski definition) is 3. The number of hydrogen-bond donors (Lipinski definition) is 2. The minimum Gasteiger partial charge on any atom is -0.389 e. The van der Waals surface area contributed by atoms with Crippen LogP contribution in [0.15, 0.2) is 60.3 Å². The van der Waals surface area contributed by atoms with Gasteiger partial charge in [0, 0.05) is 28.5 Å². The van der Waals surface area contributed by atoms with Crippen LogP contribution in [0.25, 0.3) is 0 Å². The molecule has 0 saturated heterocycles. The molecule has 2 N–H and O–H groups in total. The van der Waals surface area contributed by atoms with Gasteiger partial charge >= 0.3 is 0 Å². The third kappa shape index (κ3) is 5.62. The molecule has 0 radical (unpaired) electrons. The van der Waals surface area contributed by atoms with Crippen molar-refractivity contribution < 1.29 is 4.79 Å². The van der Waals surface area contributed by atoms with Crippen molar-refractivity contribution in [2.75, 3.05) is 11.9 Å². The molecule has 0 bridgehead atoms. The lowest BCUT2D eigenvalue weighted by atomic mass is 10.1. The average Bonchev–Trinajstić information content (AvgIpc) is 2.57. The van der Waals surface area contributed by atoms with E-state index in [0.717, 1.165) is 12.0 Å². The van der Waals surface area contributed by atoms with Crippen LogP contribution in [0.1, 0.15) is 5.56 Å². The number of nitrogens with zero attached hydrogens (tertiary/aromatic N) is 1. The number of rotatable bonds is 6. The first-order chi connectivity index (χ1) is 11.6. The fourth-order valence-electron chi connectivity index (χ4n) is 1.96. The summed E-state index contributed by atoms with van der Waals surface area (Å²) in [6, 6.07) is 16.1. The lowest BCUT2D eigenvalue weighted by Gasteiger charge is -2.05. The summed E-state index contributed by atoms with van der Waals surface area (Å²) in [4.78, 5) is 12.0. The fraction of sp³-hybridized carbons (Fsp3) is 0.111. The van der Waals surface area contributed by atoms with Crippen LogP contribution >= 0.6 is 23.2 Å². The number of carbonyl (C=O) groups excluding carboxylic acids is 1. The Morgan fingerprint density at radius 2 is 1.88 bits per heavy atom. The summed E-state index contributed by atoms with van der Waals surface area (Å²) in [5.41, 5.74) is 1.65. The van der Waals surface area contributed by atoms with Gasteiger partial charge in [0.05, 0.1) is 0 Å². The second-order valence-corrected chi connectivity index (χ2v) is 5.84. The Kier molecular flexibility index (Phi) is 6.68. The molecule has 0 unspecified atom stereocenters. The van der Waals surface area contributed by atoms with Gasteiger partial charge in [0.2, 0.25) is 0 Å². The van der Waals surface area contributed by atoms with E-state index < -0.39 is 5.91 Å². The summed E-state index contributed by atoms with van der Waals surface area (Å²) < 4.78 is 0. The highest BCUT2D eigenvalue weighted by atomic mass is 35.5. The predicted octanol–water partition coefficient (Wildman–Crippen LogP) is 4.17. The van der Waals surface area contributed by atoms with Gasteiger partial charge in [0.1, 0.15) is 11.6 Å². The predicted molar refractivity (Wildman–Crippen MR) is 96.9 cm³/mol. The van der Waals surface area contributed by atoms with Crippen LogP contribution in [-0.2, 0) is 11.2 Å². The van der Waals surface area contributed by atoms with E-state index in [1.54, 1.807) is 24.3 Å². The van der Waals surface area contributed by atoms with Gasteiger partial charge in [-0.1, -0.05) is 35.3 Å². The fourth-order valence-corrected chi connectivity index (χ4v) is 2.30. The average molecular weight is 360 g/mol. The number of benzene rings is 2. The van der Waals surface area contributed by atoms with Gasteiger partial charge in [0.25, 0.3) is 5.91 Å². The van der Waals surface area contributed by atoms with Gasteiger partial charge in [-0.25, -0.2) is 0 Å². The lowest BCUT2D eigenvalue weighted by Crippen LogP contribution is -2.17. The lowest BCUT2D eigenvalue weighted by molar-refractivity contribution is -0.112. The van der Waals surface area contributed by atoms with Crippen molar-refractivity contribution in [1.82, 2.24) is 5.32 Å². The minimum absolute atomic E-state index is 0.00366. The van der Waals surface area contributed by atoms with E-state index >= 15 is 0 Å². The molecule has 0 heterocycles. The van der Waals surface area contributed by atoms with Crippen LogP contribution in [0, 0.1) is 11.3 Å². The first kappa shape index (κ1) is 17.9. The third-order valence-corrected chi connectivity index (χ3v) is 3.65. The monoisotopic (exact) mass is 359 g/mol. The number of nitrogens with one attached hydrogen (secondary N) is 2. The SMILES string of the molecule is N#C/C(=C/NCCc1cccc(Cl)c1)C(=O)Nc1ccc(Cl)cc1. The molecular formula is C18H15Cl2N3O. The molecule has 0 aliphatic rings. The zero-order valence-electron chi connectivity index (χ0n) is 12.7. The molecule has 1 amide bonds. The van der Waals surface area contributed by atoms with Crippen molar-refractivity contribution in [3.8, 4) is 6.07 Å². The van der Waals surface area contributed by atoms with Gasteiger partial charge < -0.3 is 10.6 Å². The van der Waals surface area contributed by atoms with Crippen molar-refractivity contribution >= 4 is 34.8 Å². The van der Waals surface area contributed by atoms with Crippen LogP contribution in [0.4, 0.5) is 5.69 Å². The van der Waals surface area contributed by atoms with Gasteiger partial charge in [-0.3, -0.25) is 4.79 Å². The van der Waals surface area contributed by atoms with Gasteiger partial charge in [-0.05, 0) is 48.4 Å². The summed E-state index contributed by atoms with van der Waals surface area (Å²) in [7, 11) is 0. The molecule has 0 aliphatic carbocycles. The minimum atomic E-state index is -0.477. The molecule has 0 aromatic heterocycles. The second-order valence-electron chi connectivity index (χ2n) is 4.96. The maximum absolute atomic E-state index is 12.0. The Labute approximate surface area is 150 Å². The van der Waals surface area contributed by atoms with Crippen LogP contribution < -0.4 is 10.6 Å². The molecule has 6 heteroatoms. The maximum atomic E-state index is 12.0. The number of halogens is 2. The van der Waals surface area contributed by atoms with Crippen LogP contribution in [0.2, 0.25) is 10.0 Å². The molecule has 4 nitrogen and oxygen atoms in total. The number of anilines is 1. The molecule has 2 rings (SSSR count). The van der Waals surface area contributed by atoms with Gasteiger partial charge in [-0.15, -0.1) is 0 Å². The Balaban J connectivity index is 1.87. The zero-order valence-corrected chi connectivity index (χ0v) is 14.2. The Hall–Kier alpha value is -2.48. The highest BCUT2D eigenvalue weighted by Crippen LogP contribution is 2.14. The summed E-state index contributed by atoms with van der Waals surface area (Å²) >= 11 is 11.7. The first-order valence-electron chi connectivity index (χ1n) is 7.23. The summed E-state index contributed by atoms with van der Waals surface area (Å²) in [5, 5.41) is 16.0. The Bertz CT molecular complexity index is 780. The van der Waals surface area contributed by atoms with E-state index in [4.69, 9.17) is 28.5 Å². The number of nitriles is 1. The van der Waals surface area contributed by atoms with E-state index in [0.29, 0.717) is 22.3 Å². The normalized spacial score (nSPS) is 10.8. The molecule has 122 valence electrons.